The summed E-state index contributed by atoms with van der Waals surface area (Å²) in [6, 6.07) is 4.01. The quantitative estimate of drug-likeness (QED) is 0.231. The molecule has 0 amide bonds. The number of H-pyrrole nitrogens is 3. The molecule has 4 aromatic heterocycles. The van der Waals surface area contributed by atoms with E-state index in [1.807, 2.05) is 19.1 Å². The summed E-state index contributed by atoms with van der Waals surface area (Å²) in [7, 11) is 1.43. The number of methoxy groups -OCH3 is 1. The Balaban J connectivity index is 1.48. The van der Waals surface area contributed by atoms with Crippen molar-refractivity contribution >= 4 is 47.3 Å². The molecule has 0 radical (unpaired) electrons. The highest BCUT2D eigenvalue weighted by Crippen LogP contribution is 2.40. The zero-order valence-corrected chi connectivity index (χ0v) is 27.9. The lowest BCUT2D eigenvalue weighted by Crippen LogP contribution is -2.23. The smallest absolute Gasteiger partial charge is 0.305 e. The van der Waals surface area contributed by atoms with Gasteiger partial charge in [0.25, 0.3) is 0 Å². The second-order valence-electron chi connectivity index (χ2n) is 13.0. The number of pyridine rings is 1. The number of carbonyl (C=O) groups excluding carboxylic acids is 2. The van der Waals surface area contributed by atoms with E-state index in [1.165, 1.54) is 18.2 Å². The van der Waals surface area contributed by atoms with Crippen molar-refractivity contribution in [3.63, 3.8) is 0 Å². The van der Waals surface area contributed by atoms with Crippen LogP contribution in [0.15, 0.2) is 35.2 Å². The summed E-state index contributed by atoms with van der Waals surface area (Å²) in [4.78, 5) is 46.5. The van der Waals surface area contributed by atoms with Crippen molar-refractivity contribution in [2.24, 2.45) is 16.8 Å². The number of carbonyl (C=O) groups is 2. The van der Waals surface area contributed by atoms with Crippen LogP contribution in [0.25, 0.3) is 29.9 Å². The summed E-state index contributed by atoms with van der Waals surface area (Å²) in [6.45, 7) is 10.7. The number of aromatic amines is 3. The van der Waals surface area contributed by atoms with Gasteiger partial charge in [0.15, 0.2) is 5.78 Å². The molecule has 4 aromatic rings. The Hall–Kier alpha value is -4.98. The maximum absolute atomic E-state index is 13.6. The summed E-state index contributed by atoms with van der Waals surface area (Å²) in [5.74, 6) is -0.114. The average Bonchev–Trinajstić information content (AvgIpc) is 3.82. The maximum Gasteiger partial charge on any atom is 0.305 e. The lowest BCUT2D eigenvalue weighted by Gasteiger charge is -2.18. The van der Waals surface area contributed by atoms with Crippen molar-refractivity contribution in [3.05, 3.63) is 103 Å². The molecule has 3 N–H and O–H groups in total. The molecule has 0 aromatic carbocycles. The summed E-state index contributed by atoms with van der Waals surface area (Å²) in [6.07, 6.45) is 15.0. The van der Waals surface area contributed by atoms with Gasteiger partial charge >= 0.3 is 5.97 Å². The van der Waals surface area contributed by atoms with Crippen LogP contribution in [0.3, 0.4) is 0 Å². The summed E-state index contributed by atoms with van der Waals surface area (Å²) in [5.41, 5.74) is 14.8. The number of allylic oxidation sites excluding steroid dienone is 1. The Kier molecular flexibility index (Phi) is 7.82. The SMILES string of the molecule is CCc1c2[nH]c(c1C)Cc1[nH]c(c(C)c1/C=C/c1ccncc1)C=C1N=C(C3=c4[nH]c(c(C)c4C(=O)C3)=C2)[C@@H](CCC(=O)OC)[C@@H]1C. The molecule has 0 fully saturated rings. The van der Waals surface area contributed by atoms with Gasteiger partial charge in [0.2, 0.25) is 0 Å². The summed E-state index contributed by atoms with van der Waals surface area (Å²) < 4.78 is 5.01. The highest BCUT2D eigenvalue weighted by molar-refractivity contribution is 6.28. The first-order valence-electron chi connectivity index (χ1n) is 16.5. The lowest BCUT2D eigenvalue weighted by molar-refractivity contribution is -0.140. The van der Waals surface area contributed by atoms with Crippen LogP contribution in [-0.4, -0.2) is 44.5 Å². The normalized spacial score (nSPS) is 18.5. The molecule has 1 aliphatic carbocycles. The van der Waals surface area contributed by atoms with Gasteiger partial charge in [-0.25, -0.2) is 0 Å². The number of hydrogen-bond acceptors (Lipinski definition) is 5. The Morgan fingerprint density at radius 1 is 0.979 bits per heavy atom. The number of ketones is 1. The van der Waals surface area contributed by atoms with Gasteiger partial charge in [-0.1, -0.05) is 26.0 Å². The van der Waals surface area contributed by atoms with Crippen LogP contribution in [-0.2, 0) is 22.4 Å². The van der Waals surface area contributed by atoms with Crippen molar-refractivity contribution in [1.29, 1.82) is 0 Å². The third-order valence-corrected chi connectivity index (χ3v) is 10.4. The number of esters is 1. The number of rotatable bonds is 6. The van der Waals surface area contributed by atoms with E-state index in [1.54, 1.807) is 12.4 Å². The van der Waals surface area contributed by atoms with Crippen LogP contribution in [0, 0.1) is 32.6 Å². The highest BCUT2D eigenvalue weighted by atomic mass is 16.5. The van der Waals surface area contributed by atoms with Crippen molar-refractivity contribution < 1.29 is 14.3 Å². The summed E-state index contributed by atoms with van der Waals surface area (Å²) in [5, 5.41) is 1.80. The fourth-order valence-electron chi connectivity index (χ4n) is 7.67. The minimum atomic E-state index is -0.240. The molecule has 8 bridgehead atoms. The molecule has 8 heteroatoms. The third kappa shape index (κ3) is 5.25. The molecule has 0 unspecified atom stereocenters. The van der Waals surface area contributed by atoms with Gasteiger partial charge in [-0.2, -0.15) is 0 Å². The predicted molar refractivity (Wildman–Crippen MR) is 186 cm³/mol. The number of Topliss-reactive ketones (excluding diaryl/α,β-unsaturated/α-hetero) is 1. The molecule has 3 aliphatic rings. The topological polar surface area (TPSA) is 116 Å². The molecule has 2 atom stereocenters. The van der Waals surface area contributed by atoms with Gasteiger partial charge in [0.05, 0.1) is 18.2 Å². The number of aromatic nitrogens is 4. The van der Waals surface area contributed by atoms with Crippen molar-refractivity contribution in [2.75, 3.05) is 7.11 Å². The number of ether oxygens (including phenoxy) is 1. The van der Waals surface area contributed by atoms with E-state index in [2.05, 4.69) is 71.9 Å². The fourth-order valence-corrected chi connectivity index (χ4v) is 7.67. The van der Waals surface area contributed by atoms with Crippen LogP contribution < -0.4 is 10.7 Å². The van der Waals surface area contributed by atoms with E-state index in [4.69, 9.17) is 9.73 Å². The molecule has 0 spiro atoms. The zero-order valence-electron chi connectivity index (χ0n) is 27.9. The van der Waals surface area contributed by atoms with E-state index in [0.29, 0.717) is 25.7 Å². The lowest BCUT2D eigenvalue weighted by atomic mass is 9.83. The first-order valence-corrected chi connectivity index (χ1v) is 16.5. The van der Waals surface area contributed by atoms with Gasteiger partial charge in [-0.05, 0) is 91.3 Å². The Labute approximate surface area is 274 Å². The highest BCUT2D eigenvalue weighted by Gasteiger charge is 2.38. The molecular weight excluding hydrogens is 586 g/mol. The molecule has 240 valence electrons. The Morgan fingerprint density at radius 3 is 2.49 bits per heavy atom. The van der Waals surface area contributed by atoms with Gasteiger partial charge in [0, 0.05) is 88.5 Å². The molecule has 6 heterocycles. The van der Waals surface area contributed by atoms with Crippen LogP contribution >= 0.6 is 0 Å². The minimum absolute atomic E-state index is 0.0264. The number of nitrogens with zero attached hydrogens (tertiary/aromatic N) is 2. The first kappa shape index (κ1) is 30.7. The molecule has 7 rings (SSSR count). The van der Waals surface area contributed by atoms with Gasteiger partial charge in [-0.3, -0.25) is 19.6 Å². The number of hydrogen-bond donors (Lipinski definition) is 3. The van der Waals surface area contributed by atoms with Crippen molar-refractivity contribution in [2.45, 2.75) is 66.7 Å². The second-order valence-corrected chi connectivity index (χ2v) is 13.0. The molecular formula is C39H41N5O3. The van der Waals surface area contributed by atoms with Gasteiger partial charge in [-0.15, -0.1) is 0 Å². The maximum atomic E-state index is 13.6. The monoisotopic (exact) mass is 627 g/mol. The van der Waals surface area contributed by atoms with Crippen molar-refractivity contribution in [3.8, 4) is 0 Å². The Bertz CT molecular complexity index is 2150. The summed E-state index contributed by atoms with van der Waals surface area (Å²) >= 11 is 0. The van der Waals surface area contributed by atoms with E-state index in [-0.39, 0.29) is 23.6 Å². The predicted octanol–water partition coefficient (Wildman–Crippen LogP) is 5.90. The van der Waals surface area contributed by atoms with Crippen LogP contribution in [0.5, 0.6) is 0 Å². The van der Waals surface area contributed by atoms with Crippen LogP contribution in [0.1, 0.15) is 99.6 Å². The number of fused-ring (bicyclic) bond motifs is 7. The number of nitrogens with one attached hydrogen (secondary N) is 3. The molecule has 47 heavy (non-hydrogen) atoms. The van der Waals surface area contributed by atoms with E-state index < -0.39 is 0 Å². The zero-order chi connectivity index (χ0) is 33.0. The largest absolute Gasteiger partial charge is 0.469 e. The van der Waals surface area contributed by atoms with Gasteiger partial charge in [0.1, 0.15) is 0 Å². The second kappa shape index (κ2) is 12.0. The van der Waals surface area contributed by atoms with Gasteiger partial charge < -0.3 is 19.7 Å². The van der Waals surface area contributed by atoms with E-state index in [0.717, 1.165) is 84.7 Å². The standard InChI is InChI=1S/C39H41N5O3/c1-7-25-20(2)30-18-34-26(9-8-24-12-14-40-15-13-24)21(3)29(42-34)17-31-22(4)27(10-11-36(46)47-6)38(43-31)28-16-35(45)37-23(5)32(44-39(28)37)19-33(25)41-30/h8-9,12-15,17,19,22,27,41-42,44H,7,10-11,16,18H2,1-6H3/b9-8+,31-17?,32-19?/t22-,27-/m0/s1. The van der Waals surface area contributed by atoms with Crippen LogP contribution in [0.4, 0.5) is 0 Å². The third-order valence-electron chi connectivity index (χ3n) is 10.4. The van der Waals surface area contributed by atoms with E-state index in [9.17, 15) is 9.59 Å². The minimum Gasteiger partial charge on any atom is -0.469 e. The number of aliphatic imine (C=N–C) groups is 1. The average molecular weight is 628 g/mol. The first-order chi connectivity index (χ1) is 22.7. The molecule has 0 saturated heterocycles. The molecule has 0 saturated carbocycles. The molecule has 8 nitrogen and oxygen atoms in total. The van der Waals surface area contributed by atoms with Crippen LogP contribution in [0.2, 0.25) is 0 Å². The Morgan fingerprint density at radius 2 is 1.74 bits per heavy atom. The van der Waals surface area contributed by atoms with E-state index >= 15 is 0 Å². The van der Waals surface area contributed by atoms with Crippen molar-refractivity contribution in [1.82, 2.24) is 19.9 Å². The fraction of sp³-hybridized carbons (Fsp3) is 0.333. The molecule has 2 aliphatic heterocycles.